The second kappa shape index (κ2) is 5.72. The van der Waals surface area contributed by atoms with Gasteiger partial charge in [-0.1, -0.05) is 24.3 Å². The third-order valence-corrected chi connectivity index (χ3v) is 2.47. The van der Waals surface area contributed by atoms with Crippen molar-refractivity contribution in [2.24, 2.45) is 0 Å². The zero-order valence-corrected chi connectivity index (χ0v) is 9.97. The Bertz CT molecular complexity index is 632. The minimum atomic E-state index is -0.446. The predicted octanol–water partition coefficient (Wildman–Crippen LogP) is 2.38. The maximum absolute atomic E-state index is 10.9. The first-order valence-electron chi connectivity index (χ1n) is 5.61. The molecule has 0 saturated heterocycles. The summed E-state index contributed by atoms with van der Waals surface area (Å²) in [6, 6.07) is 6.38. The lowest BCUT2D eigenvalue weighted by molar-refractivity contribution is -0.384. The fourth-order valence-electron chi connectivity index (χ4n) is 1.63. The monoisotopic (exact) mass is 257 g/mol. The highest BCUT2D eigenvalue weighted by Gasteiger charge is 2.14. The van der Waals surface area contributed by atoms with E-state index in [-0.39, 0.29) is 5.69 Å². The molecule has 0 spiro atoms. The van der Waals surface area contributed by atoms with Crippen LogP contribution < -0.4 is 0 Å². The van der Waals surface area contributed by atoms with Gasteiger partial charge in [0, 0.05) is 24.2 Å². The molecule has 2 rings (SSSR count). The van der Waals surface area contributed by atoms with Crippen LogP contribution in [0.2, 0.25) is 0 Å². The van der Waals surface area contributed by atoms with Crippen molar-refractivity contribution in [3.8, 4) is 5.69 Å². The summed E-state index contributed by atoms with van der Waals surface area (Å²) in [6.07, 6.45) is 7.82. The van der Waals surface area contributed by atoms with Gasteiger partial charge < -0.3 is 4.79 Å². The Morgan fingerprint density at radius 3 is 2.89 bits per heavy atom. The second-order valence-corrected chi connectivity index (χ2v) is 3.77. The van der Waals surface area contributed by atoms with E-state index in [9.17, 15) is 14.9 Å². The first kappa shape index (κ1) is 12.7. The summed E-state index contributed by atoms with van der Waals surface area (Å²) in [5, 5.41) is 15.0. The minimum absolute atomic E-state index is 0.00554. The molecule has 1 aromatic carbocycles. The Hall–Kier alpha value is -2.76. The van der Waals surface area contributed by atoms with E-state index < -0.39 is 4.92 Å². The van der Waals surface area contributed by atoms with Crippen molar-refractivity contribution < 1.29 is 9.72 Å². The van der Waals surface area contributed by atoms with Crippen LogP contribution in [0.15, 0.2) is 42.7 Å². The van der Waals surface area contributed by atoms with Gasteiger partial charge in [-0.15, -0.1) is 0 Å². The number of para-hydroxylation sites is 2. The minimum Gasteiger partial charge on any atom is -0.303 e. The zero-order chi connectivity index (χ0) is 13.7. The van der Waals surface area contributed by atoms with Crippen LogP contribution in [0.25, 0.3) is 11.8 Å². The first-order valence-corrected chi connectivity index (χ1v) is 5.61. The van der Waals surface area contributed by atoms with Crippen LogP contribution in [0, 0.1) is 10.1 Å². The lowest BCUT2D eigenvalue weighted by Gasteiger charge is -2.01. The molecule has 0 radical (unpaired) electrons. The number of nitrogens with zero attached hydrogens (tertiary/aromatic N) is 3. The van der Waals surface area contributed by atoms with Crippen molar-refractivity contribution >= 4 is 18.0 Å². The van der Waals surface area contributed by atoms with E-state index in [0.717, 1.165) is 11.8 Å². The van der Waals surface area contributed by atoms with Crippen LogP contribution in [-0.2, 0) is 4.79 Å². The molecule has 0 fully saturated rings. The van der Waals surface area contributed by atoms with Gasteiger partial charge in [0.25, 0.3) is 5.69 Å². The van der Waals surface area contributed by atoms with Gasteiger partial charge in [0.05, 0.1) is 11.1 Å². The molecular weight excluding hydrogens is 246 g/mol. The van der Waals surface area contributed by atoms with E-state index in [4.69, 9.17) is 0 Å². The number of nitro groups is 1. The van der Waals surface area contributed by atoms with Crippen LogP contribution in [0.4, 0.5) is 5.69 Å². The summed E-state index contributed by atoms with van der Waals surface area (Å²) in [5.41, 5.74) is 1.18. The van der Waals surface area contributed by atoms with Crippen LogP contribution in [0.3, 0.4) is 0 Å². The van der Waals surface area contributed by atoms with Crippen molar-refractivity contribution in [2.45, 2.75) is 6.42 Å². The Morgan fingerprint density at radius 1 is 1.37 bits per heavy atom. The van der Waals surface area contributed by atoms with Crippen molar-refractivity contribution in [3.63, 3.8) is 0 Å². The number of rotatable bonds is 5. The number of aldehydes is 1. The topological polar surface area (TPSA) is 78.0 Å². The molecular formula is C13H11N3O3. The van der Waals surface area contributed by atoms with Crippen molar-refractivity contribution in [2.75, 3.05) is 0 Å². The van der Waals surface area contributed by atoms with Crippen molar-refractivity contribution in [1.29, 1.82) is 0 Å². The first-order chi connectivity index (χ1) is 9.22. The summed E-state index contributed by atoms with van der Waals surface area (Å²) < 4.78 is 1.44. The molecule has 0 N–H and O–H groups in total. The number of benzene rings is 1. The largest absolute Gasteiger partial charge is 0.303 e. The molecule has 0 aliphatic carbocycles. The van der Waals surface area contributed by atoms with Crippen LogP contribution in [-0.4, -0.2) is 21.0 Å². The Morgan fingerprint density at radius 2 is 2.16 bits per heavy atom. The van der Waals surface area contributed by atoms with Crippen LogP contribution >= 0.6 is 0 Å². The van der Waals surface area contributed by atoms with E-state index in [1.807, 2.05) is 0 Å². The van der Waals surface area contributed by atoms with E-state index in [1.54, 1.807) is 42.7 Å². The molecule has 0 bridgehead atoms. The Labute approximate surface area is 109 Å². The molecule has 96 valence electrons. The highest BCUT2D eigenvalue weighted by Crippen LogP contribution is 2.21. The number of carbonyl (C=O) groups excluding carboxylic acids is 1. The van der Waals surface area contributed by atoms with Gasteiger partial charge in [-0.2, -0.15) is 5.10 Å². The molecule has 1 heterocycles. The molecule has 2 aromatic rings. The average Bonchev–Trinajstić information content (AvgIpc) is 2.88. The lowest BCUT2D eigenvalue weighted by atomic mass is 10.2. The summed E-state index contributed by atoms with van der Waals surface area (Å²) in [4.78, 5) is 20.7. The van der Waals surface area contributed by atoms with Gasteiger partial charge in [0.2, 0.25) is 0 Å². The molecule has 1 aromatic heterocycles. The van der Waals surface area contributed by atoms with Gasteiger partial charge >= 0.3 is 0 Å². The fourth-order valence-corrected chi connectivity index (χ4v) is 1.63. The van der Waals surface area contributed by atoms with E-state index in [2.05, 4.69) is 5.10 Å². The molecule has 0 amide bonds. The third-order valence-electron chi connectivity index (χ3n) is 2.47. The summed E-state index contributed by atoms with van der Waals surface area (Å²) in [6.45, 7) is 0. The normalized spacial score (nSPS) is 10.7. The van der Waals surface area contributed by atoms with Gasteiger partial charge in [-0.05, 0) is 6.07 Å². The Balaban J connectivity index is 2.33. The van der Waals surface area contributed by atoms with Gasteiger partial charge in [0.1, 0.15) is 12.0 Å². The van der Waals surface area contributed by atoms with E-state index >= 15 is 0 Å². The maximum atomic E-state index is 10.9. The van der Waals surface area contributed by atoms with Crippen molar-refractivity contribution in [1.82, 2.24) is 9.78 Å². The average molecular weight is 257 g/mol. The van der Waals surface area contributed by atoms with Gasteiger partial charge in [0.15, 0.2) is 0 Å². The van der Waals surface area contributed by atoms with Gasteiger partial charge in [-0.25, -0.2) is 4.68 Å². The molecule has 0 atom stereocenters. The zero-order valence-electron chi connectivity index (χ0n) is 9.97. The summed E-state index contributed by atoms with van der Waals surface area (Å²) in [7, 11) is 0. The Kier molecular flexibility index (Phi) is 3.82. The summed E-state index contributed by atoms with van der Waals surface area (Å²) in [5.74, 6) is 0. The van der Waals surface area contributed by atoms with Crippen molar-refractivity contribution in [3.05, 3.63) is 58.4 Å². The predicted molar refractivity (Wildman–Crippen MR) is 69.9 cm³/mol. The van der Waals surface area contributed by atoms with Crippen LogP contribution in [0.1, 0.15) is 12.0 Å². The molecule has 0 aliphatic rings. The third kappa shape index (κ3) is 2.92. The summed E-state index contributed by atoms with van der Waals surface area (Å²) >= 11 is 0. The van der Waals surface area contributed by atoms with Crippen LogP contribution in [0.5, 0.6) is 0 Å². The van der Waals surface area contributed by atoms with E-state index in [0.29, 0.717) is 12.1 Å². The molecule has 0 saturated carbocycles. The maximum Gasteiger partial charge on any atom is 0.294 e. The molecule has 0 aliphatic heterocycles. The second-order valence-electron chi connectivity index (χ2n) is 3.77. The number of allylic oxidation sites excluding steroid dienone is 1. The molecule has 0 unspecified atom stereocenters. The molecule has 6 heteroatoms. The fraction of sp³-hybridized carbons (Fsp3) is 0.0769. The highest BCUT2D eigenvalue weighted by molar-refractivity contribution is 5.58. The van der Waals surface area contributed by atoms with E-state index in [1.165, 1.54) is 10.7 Å². The number of hydrogen-bond acceptors (Lipinski definition) is 4. The quantitative estimate of drug-likeness (QED) is 0.468. The lowest BCUT2D eigenvalue weighted by Crippen LogP contribution is -1.99. The number of aromatic nitrogens is 2. The number of carbonyl (C=O) groups is 1. The number of hydrogen-bond donors (Lipinski definition) is 0. The highest BCUT2D eigenvalue weighted by atomic mass is 16.6. The molecule has 6 nitrogen and oxygen atoms in total. The SMILES string of the molecule is O=CCC=Cc1cnn(-c2ccccc2[N+](=O)[O-])c1. The number of nitro benzene ring substituents is 1. The standard InChI is InChI=1S/C13H11N3O3/c17-8-4-3-5-11-9-14-15(10-11)12-6-1-2-7-13(12)16(18)19/h1-3,5-10H,4H2. The smallest absolute Gasteiger partial charge is 0.294 e. The van der Waals surface area contributed by atoms with Gasteiger partial charge in [-0.3, -0.25) is 10.1 Å². The molecule has 19 heavy (non-hydrogen) atoms.